The van der Waals surface area contributed by atoms with E-state index in [1.807, 2.05) is 12.1 Å². The molecule has 0 spiro atoms. The lowest BCUT2D eigenvalue weighted by atomic mass is 10.0. The molecule has 1 aliphatic rings. The highest BCUT2D eigenvalue weighted by molar-refractivity contribution is 6.34. The average molecular weight is 398 g/mol. The highest BCUT2D eigenvalue weighted by atomic mass is 35.5. The van der Waals surface area contributed by atoms with Crippen molar-refractivity contribution in [1.29, 1.82) is 0 Å². The number of benzene rings is 1. The summed E-state index contributed by atoms with van der Waals surface area (Å²) in [6.07, 6.45) is -1.04. The number of nitrogens with one attached hydrogen (secondary N) is 1. The van der Waals surface area contributed by atoms with Crippen LogP contribution in [0.25, 0.3) is 21.9 Å². The molecule has 1 fully saturated rings. The minimum absolute atomic E-state index is 0.0188. The number of halogens is 4. The van der Waals surface area contributed by atoms with Gasteiger partial charge in [0, 0.05) is 17.1 Å². The second-order valence-electron chi connectivity index (χ2n) is 7.02. The second kappa shape index (κ2) is 6.83. The quantitative estimate of drug-likeness (QED) is 0.669. The van der Waals surface area contributed by atoms with Crippen molar-refractivity contribution in [2.45, 2.75) is 31.6 Å². The van der Waals surface area contributed by atoms with Gasteiger partial charge in [-0.3, -0.25) is 0 Å². The maximum atomic E-state index is 13.1. The molecule has 0 unspecified atom stereocenters. The van der Waals surface area contributed by atoms with Gasteiger partial charge >= 0.3 is 6.18 Å². The lowest BCUT2D eigenvalue weighted by Gasteiger charge is -2.30. The van der Waals surface area contributed by atoms with Gasteiger partial charge in [0.1, 0.15) is 23.9 Å². The van der Waals surface area contributed by atoms with E-state index in [0.29, 0.717) is 22.5 Å². The van der Waals surface area contributed by atoms with E-state index in [4.69, 9.17) is 11.6 Å². The van der Waals surface area contributed by atoms with E-state index >= 15 is 0 Å². The Morgan fingerprint density at radius 1 is 1.22 bits per heavy atom. The monoisotopic (exact) mass is 397 g/mol. The Bertz CT molecular complexity index is 976. The number of piperidine rings is 1. The van der Waals surface area contributed by atoms with Crippen LogP contribution in [0, 0.1) is 0 Å². The van der Waals surface area contributed by atoms with E-state index < -0.39 is 12.7 Å². The molecule has 3 heterocycles. The van der Waals surface area contributed by atoms with E-state index in [2.05, 4.69) is 27.2 Å². The van der Waals surface area contributed by atoms with Crippen molar-refractivity contribution in [2.75, 3.05) is 25.5 Å². The van der Waals surface area contributed by atoms with E-state index in [9.17, 15) is 13.2 Å². The van der Waals surface area contributed by atoms with Gasteiger partial charge in [-0.05, 0) is 51.2 Å². The maximum absolute atomic E-state index is 13.1. The number of likely N-dealkylation sites (tertiary alicyclic amines) is 1. The minimum atomic E-state index is -4.37. The zero-order valence-electron chi connectivity index (χ0n) is 14.7. The summed E-state index contributed by atoms with van der Waals surface area (Å²) >= 11 is 6.11. The van der Waals surface area contributed by atoms with Crippen LogP contribution in [0.1, 0.15) is 12.8 Å². The fraction of sp³-hybridized carbons (Fsp3) is 0.444. The molecular weight excluding hydrogens is 379 g/mol. The van der Waals surface area contributed by atoms with Gasteiger partial charge in [0.15, 0.2) is 5.15 Å². The van der Waals surface area contributed by atoms with Gasteiger partial charge < -0.3 is 14.8 Å². The zero-order chi connectivity index (χ0) is 19.2. The van der Waals surface area contributed by atoms with E-state index in [-0.39, 0.29) is 10.7 Å². The first kappa shape index (κ1) is 18.3. The lowest BCUT2D eigenvalue weighted by molar-refractivity contribution is -0.139. The van der Waals surface area contributed by atoms with Gasteiger partial charge in [-0.1, -0.05) is 11.6 Å². The molecule has 0 amide bonds. The smallest absolute Gasteiger partial charge is 0.382 e. The molecule has 1 N–H and O–H groups in total. The van der Waals surface area contributed by atoms with Gasteiger partial charge in [-0.2, -0.15) is 13.2 Å². The molecule has 2 aromatic heterocycles. The largest absolute Gasteiger partial charge is 0.406 e. The first-order valence-corrected chi connectivity index (χ1v) is 9.14. The number of hydrogen-bond acceptors (Lipinski definition) is 4. The van der Waals surface area contributed by atoms with Crippen molar-refractivity contribution in [3.8, 4) is 0 Å². The second-order valence-corrected chi connectivity index (χ2v) is 7.37. The number of anilines is 1. The van der Waals surface area contributed by atoms with Crippen LogP contribution in [0.15, 0.2) is 24.5 Å². The fourth-order valence-corrected chi connectivity index (χ4v) is 3.93. The third kappa shape index (κ3) is 3.68. The normalized spacial score (nSPS) is 17.1. The molecule has 0 aliphatic carbocycles. The predicted molar refractivity (Wildman–Crippen MR) is 100 cm³/mol. The predicted octanol–water partition coefficient (Wildman–Crippen LogP) is 4.31. The lowest BCUT2D eigenvalue weighted by Crippen LogP contribution is -2.36. The van der Waals surface area contributed by atoms with Crippen LogP contribution in [0.2, 0.25) is 5.15 Å². The Labute approximate surface area is 159 Å². The molecule has 3 aromatic rings. The van der Waals surface area contributed by atoms with Gasteiger partial charge in [-0.25, -0.2) is 9.97 Å². The van der Waals surface area contributed by atoms with Crippen LogP contribution in [0.5, 0.6) is 0 Å². The van der Waals surface area contributed by atoms with Gasteiger partial charge in [0.25, 0.3) is 0 Å². The first-order chi connectivity index (χ1) is 12.8. The van der Waals surface area contributed by atoms with E-state index in [0.717, 1.165) is 36.2 Å². The highest BCUT2D eigenvalue weighted by Crippen LogP contribution is 2.35. The van der Waals surface area contributed by atoms with Gasteiger partial charge in [-0.15, -0.1) is 0 Å². The Kier molecular flexibility index (Phi) is 4.63. The summed E-state index contributed by atoms with van der Waals surface area (Å²) in [5.74, 6) is 0. The molecule has 0 radical (unpaired) electrons. The Balaban J connectivity index is 1.77. The van der Waals surface area contributed by atoms with Crippen LogP contribution < -0.4 is 5.32 Å². The van der Waals surface area contributed by atoms with Crippen molar-refractivity contribution >= 4 is 39.2 Å². The SMILES string of the molecule is CN1CCC(Nc2ccc3c(c2)c2ncnc(Cl)c2n3CC(F)(F)F)CC1. The molecule has 1 aliphatic heterocycles. The molecule has 27 heavy (non-hydrogen) atoms. The Hall–Kier alpha value is -2.06. The van der Waals surface area contributed by atoms with Crippen LogP contribution in [0.4, 0.5) is 18.9 Å². The number of nitrogens with zero attached hydrogens (tertiary/aromatic N) is 4. The molecule has 1 aromatic carbocycles. The van der Waals surface area contributed by atoms with E-state index in [1.54, 1.807) is 6.07 Å². The molecule has 1 saturated heterocycles. The van der Waals surface area contributed by atoms with Crippen molar-refractivity contribution < 1.29 is 13.2 Å². The van der Waals surface area contributed by atoms with E-state index in [1.165, 1.54) is 6.33 Å². The van der Waals surface area contributed by atoms with Crippen molar-refractivity contribution in [3.05, 3.63) is 29.7 Å². The standard InChI is InChI=1S/C18H19ClF3N5/c1-26-6-4-11(5-7-26)25-12-2-3-14-13(8-12)15-16(17(19)24-10-23-15)27(14)9-18(20,21)22/h2-3,8,10-11,25H,4-7,9H2,1H3. The summed E-state index contributed by atoms with van der Waals surface area (Å²) in [4.78, 5) is 10.3. The van der Waals surface area contributed by atoms with Crippen LogP contribution in [-0.2, 0) is 6.54 Å². The molecule has 9 heteroatoms. The summed E-state index contributed by atoms with van der Waals surface area (Å²) in [7, 11) is 2.10. The fourth-order valence-electron chi connectivity index (χ4n) is 3.70. The highest BCUT2D eigenvalue weighted by Gasteiger charge is 2.31. The number of aromatic nitrogens is 3. The minimum Gasteiger partial charge on any atom is -0.382 e. The first-order valence-electron chi connectivity index (χ1n) is 8.76. The average Bonchev–Trinajstić information content (AvgIpc) is 2.90. The summed E-state index contributed by atoms with van der Waals surface area (Å²) < 4.78 is 40.5. The molecule has 0 saturated carbocycles. The summed E-state index contributed by atoms with van der Waals surface area (Å²) in [5, 5.41) is 4.15. The van der Waals surface area contributed by atoms with Gasteiger partial charge in [0.2, 0.25) is 0 Å². The topological polar surface area (TPSA) is 46.0 Å². The van der Waals surface area contributed by atoms with Crippen LogP contribution in [0.3, 0.4) is 0 Å². The van der Waals surface area contributed by atoms with Crippen molar-refractivity contribution in [3.63, 3.8) is 0 Å². The van der Waals surface area contributed by atoms with Crippen molar-refractivity contribution in [2.24, 2.45) is 0 Å². The maximum Gasteiger partial charge on any atom is 0.406 e. The molecule has 144 valence electrons. The Morgan fingerprint density at radius 2 is 1.96 bits per heavy atom. The molecule has 5 nitrogen and oxygen atoms in total. The number of rotatable bonds is 3. The van der Waals surface area contributed by atoms with Crippen LogP contribution in [-0.4, -0.2) is 51.8 Å². The van der Waals surface area contributed by atoms with Crippen molar-refractivity contribution in [1.82, 2.24) is 19.4 Å². The zero-order valence-corrected chi connectivity index (χ0v) is 15.5. The van der Waals surface area contributed by atoms with Crippen LogP contribution >= 0.6 is 11.6 Å². The number of fused-ring (bicyclic) bond motifs is 3. The molecule has 0 bridgehead atoms. The number of hydrogen-bond donors (Lipinski definition) is 1. The third-order valence-electron chi connectivity index (χ3n) is 5.02. The molecule has 0 atom stereocenters. The third-order valence-corrected chi connectivity index (χ3v) is 5.29. The molecule has 4 rings (SSSR count). The van der Waals surface area contributed by atoms with Gasteiger partial charge in [0.05, 0.1) is 5.52 Å². The summed E-state index contributed by atoms with van der Waals surface area (Å²) in [5.41, 5.74) is 1.96. The summed E-state index contributed by atoms with van der Waals surface area (Å²) in [6.45, 7) is 0.906. The Morgan fingerprint density at radius 3 is 2.67 bits per heavy atom. The molecular formula is C18H19ClF3N5. The summed E-state index contributed by atoms with van der Waals surface area (Å²) in [6, 6.07) is 5.71. The number of alkyl halides is 3.